The van der Waals surface area contributed by atoms with Gasteiger partial charge in [0.05, 0.1) is 0 Å². The van der Waals surface area contributed by atoms with Gasteiger partial charge in [-0.3, -0.25) is 0 Å². The third-order valence-corrected chi connectivity index (χ3v) is 3.41. The molecule has 1 saturated carbocycles. The minimum absolute atomic E-state index is 0.426. The van der Waals surface area contributed by atoms with Gasteiger partial charge in [0.15, 0.2) is 6.10 Å². The van der Waals surface area contributed by atoms with E-state index in [-0.39, 0.29) is 0 Å². The van der Waals surface area contributed by atoms with Crippen LogP contribution in [0, 0.1) is 18.3 Å². The highest BCUT2D eigenvalue weighted by atomic mass is 79.9. The van der Waals surface area contributed by atoms with Crippen molar-refractivity contribution < 1.29 is 4.74 Å². The highest BCUT2D eigenvalue weighted by molar-refractivity contribution is 9.10. The molecule has 0 aliphatic heterocycles. The van der Waals surface area contributed by atoms with E-state index >= 15 is 0 Å². The summed E-state index contributed by atoms with van der Waals surface area (Å²) in [6.07, 6.45) is 2.10. The summed E-state index contributed by atoms with van der Waals surface area (Å²) in [5.74, 6) is 0.834. The number of rotatable bonds is 5. The van der Waals surface area contributed by atoms with Crippen molar-refractivity contribution >= 4 is 15.9 Å². The fourth-order valence-electron chi connectivity index (χ4n) is 1.84. The van der Waals surface area contributed by atoms with E-state index in [1.807, 2.05) is 13.0 Å². The SMILES string of the molecule is Cc1cc(Br)cc(CNC2CC2)c1OC(C)C#N. The molecule has 0 aromatic heterocycles. The van der Waals surface area contributed by atoms with Gasteiger partial charge in [-0.1, -0.05) is 15.9 Å². The first-order valence-electron chi connectivity index (χ1n) is 6.19. The van der Waals surface area contributed by atoms with Crippen molar-refractivity contribution in [2.45, 2.75) is 45.4 Å². The van der Waals surface area contributed by atoms with Gasteiger partial charge in [-0.2, -0.15) is 5.26 Å². The lowest BCUT2D eigenvalue weighted by Gasteiger charge is -2.16. The van der Waals surface area contributed by atoms with Crippen LogP contribution in [0.25, 0.3) is 0 Å². The maximum atomic E-state index is 8.86. The molecular weight excluding hydrogens is 292 g/mol. The summed E-state index contributed by atoms with van der Waals surface area (Å²) in [4.78, 5) is 0. The maximum Gasteiger partial charge on any atom is 0.181 e. The van der Waals surface area contributed by atoms with Gasteiger partial charge in [-0.15, -0.1) is 0 Å². The van der Waals surface area contributed by atoms with Crippen molar-refractivity contribution in [3.8, 4) is 11.8 Å². The van der Waals surface area contributed by atoms with Crippen LogP contribution in [0.4, 0.5) is 0 Å². The van der Waals surface area contributed by atoms with E-state index in [9.17, 15) is 0 Å². The second-order valence-corrected chi connectivity index (χ2v) is 5.67. The van der Waals surface area contributed by atoms with Crippen LogP contribution >= 0.6 is 15.9 Å². The molecule has 1 aliphatic rings. The molecule has 3 nitrogen and oxygen atoms in total. The Morgan fingerprint density at radius 3 is 2.89 bits per heavy atom. The van der Waals surface area contributed by atoms with Gasteiger partial charge in [0.2, 0.25) is 0 Å². The molecule has 1 aromatic rings. The summed E-state index contributed by atoms with van der Waals surface area (Å²) in [6, 6.07) is 6.83. The number of hydrogen-bond acceptors (Lipinski definition) is 3. The van der Waals surface area contributed by atoms with Crippen LogP contribution in [0.1, 0.15) is 30.9 Å². The number of benzene rings is 1. The third-order valence-electron chi connectivity index (χ3n) is 2.95. The fraction of sp³-hybridized carbons (Fsp3) is 0.500. The average molecular weight is 309 g/mol. The Morgan fingerprint density at radius 1 is 1.56 bits per heavy atom. The molecule has 1 unspecified atom stereocenters. The fourth-order valence-corrected chi connectivity index (χ4v) is 2.46. The lowest BCUT2D eigenvalue weighted by atomic mass is 10.1. The molecule has 1 N–H and O–H groups in total. The first-order chi connectivity index (χ1) is 8.60. The highest BCUT2D eigenvalue weighted by Gasteiger charge is 2.21. The summed E-state index contributed by atoms with van der Waals surface area (Å²) < 4.78 is 6.76. The van der Waals surface area contributed by atoms with Crippen molar-refractivity contribution in [2.24, 2.45) is 0 Å². The van der Waals surface area contributed by atoms with E-state index in [2.05, 4.69) is 33.4 Å². The molecular formula is C14H17BrN2O. The maximum absolute atomic E-state index is 8.86. The highest BCUT2D eigenvalue weighted by Crippen LogP contribution is 2.30. The van der Waals surface area contributed by atoms with Gasteiger partial charge in [0, 0.05) is 22.6 Å². The standard InChI is InChI=1S/C14H17BrN2O/c1-9-5-12(15)6-11(8-17-13-3-4-13)14(9)18-10(2)7-16/h5-6,10,13,17H,3-4,8H2,1-2H3. The molecule has 1 atom stereocenters. The number of nitriles is 1. The number of aryl methyl sites for hydroxylation is 1. The van der Waals surface area contributed by atoms with Gasteiger partial charge in [-0.25, -0.2) is 0 Å². The van der Waals surface area contributed by atoms with Crippen LogP contribution in [0.5, 0.6) is 5.75 Å². The largest absolute Gasteiger partial charge is 0.475 e. The molecule has 1 fully saturated rings. The topological polar surface area (TPSA) is 45.0 Å². The van der Waals surface area contributed by atoms with Crippen molar-refractivity contribution in [1.29, 1.82) is 5.26 Å². The van der Waals surface area contributed by atoms with Crippen LogP contribution in [0.3, 0.4) is 0 Å². The van der Waals surface area contributed by atoms with Gasteiger partial charge in [0.1, 0.15) is 11.8 Å². The summed E-state index contributed by atoms with van der Waals surface area (Å²) >= 11 is 3.50. The summed E-state index contributed by atoms with van der Waals surface area (Å²) in [5, 5.41) is 12.3. The zero-order chi connectivity index (χ0) is 13.1. The zero-order valence-electron chi connectivity index (χ0n) is 10.7. The third kappa shape index (κ3) is 3.47. The first kappa shape index (κ1) is 13.4. The minimum atomic E-state index is -0.426. The van der Waals surface area contributed by atoms with Crippen LogP contribution in [0.2, 0.25) is 0 Å². The monoisotopic (exact) mass is 308 g/mol. The second-order valence-electron chi connectivity index (χ2n) is 4.76. The summed E-state index contributed by atoms with van der Waals surface area (Å²) in [7, 11) is 0. The molecule has 1 aromatic carbocycles. The van der Waals surface area contributed by atoms with Gasteiger partial charge in [-0.05, 0) is 44.4 Å². The Kier molecular flexibility index (Phi) is 4.26. The molecule has 4 heteroatoms. The minimum Gasteiger partial charge on any atom is -0.475 e. The zero-order valence-corrected chi connectivity index (χ0v) is 12.3. The Balaban J connectivity index is 2.19. The number of ether oxygens (including phenoxy) is 1. The Labute approximate surface area is 116 Å². The molecule has 0 bridgehead atoms. The predicted molar refractivity (Wildman–Crippen MR) is 74.4 cm³/mol. The molecule has 0 amide bonds. The summed E-state index contributed by atoms with van der Waals surface area (Å²) in [5.41, 5.74) is 2.16. The van der Waals surface area contributed by atoms with Crippen LogP contribution in [0.15, 0.2) is 16.6 Å². The van der Waals surface area contributed by atoms with E-state index in [4.69, 9.17) is 10.00 Å². The number of halogens is 1. The quantitative estimate of drug-likeness (QED) is 0.907. The Morgan fingerprint density at radius 2 is 2.28 bits per heavy atom. The van der Waals surface area contributed by atoms with E-state index in [0.717, 1.165) is 27.9 Å². The molecule has 0 saturated heterocycles. The first-order valence-corrected chi connectivity index (χ1v) is 6.98. The summed E-state index contributed by atoms with van der Waals surface area (Å²) in [6.45, 7) is 4.56. The van der Waals surface area contributed by atoms with Gasteiger partial charge < -0.3 is 10.1 Å². The Hall–Kier alpha value is -1.05. The molecule has 18 heavy (non-hydrogen) atoms. The van der Waals surface area contributed by atoms with Crippen molar-refractivity contribution in [3.63, 3.8) is 0 Å². The molecule has 2 rings (SSSR count). The number of hydrogen-bond donors (Lipinski definition) is 1. The van der Waals surface area contributed by atoms with Gasteiger partial charge in [0.25, 0.3) is 0 Å². The smallest absolute Gasteiger partial charge is 0.181 e. The van der Waals surface area contributed by atoms with Crippen LogP contribution in [-0.2, 0) is 6.54 Å². The molecule has 0 radical (unpaired) electrons. The number of nitrogens with one attached hydrogen (secondary N) is 1. The van der Waals surface area contributed by atoms with Crippen LogP contribution in [-0.4, -0.2) is 12.1 Å². The van der Waals surface area contributed by atoms with E-state index in [1.54, 1.807) is 6.92 Å². The molecule has 0 heterocycles. The van der Waals surface area contributed by atoms with Crippen LogP contribution < -0.4 is 10.1 Å². The molecule has 0 spiro atoms. The van der Waals surface area contributed by atoms with E-state index in [0.29, 0.717) is 6.04 Å². The average Bonchev–Trinajstić information content (AvgIpc) is 3.13. The second kappa shape index (κ2) is 5.73. The Bertz CT molecular complexity index is 477. The molecule has 96 valence electrons. The van der Waals surface area contributed by atoms with Gasteiger partial charge >= 0.3 is 0 Å². The van der Waals surface area contributed by atoms with Crippen molar-refractivity contribution in [3.05, 3.63) is 27.7 Å². The van der Waals surface area contributed by atoms with Crippen molar-refractivity contribution in [1.82, 2.24) is 5.32 Å². The predicted octanol–water partition coefficient (Wildman–Crippen LogP) is 3.30. The number of nitrogens with zero attached hydrogens (tertiary/aromatic N) is 1. The lowest BCUT2D eigenvalue weighted by Crippen LogP contribution is -2.18. The lowest BCUT2D eigenvalue weighted by molar-refractivity contribution is 0.271. The molecule has 1 aliphatic carbocycles. The van der Waals surface area contributed by atoms with E-state index in [1.165, 1.54) is 12.8 Å². The van der Waals surface area contributed by atoms with Crippen molar-refractivity contribution in [2.75, 3.05) is 0 Å². The normalized spacial score (nSPS) is 16.1. The van der Waals surface area contributed by atoms with E-state index < -0.39 is 6.10 Å².